The second-order valence-electron chi connectivity index (χ2n) is 4.31. The quantitative estimate of drug-likeness (QED) is 0.828. The maximum atomic E-state index is 9.75. The van der Waals surface area contributed by atoms with Gasteiger partial charge in [0.05, 0.1) is 0 Å². The number of rotatable bonds is 2. The average Bonchev–Trinajstić information content (AvgIpc) is 2.29. The maximum absolute atomic E-state index is 9.75. The first-order valence-electron chi connectivity index (χ1n) is 5.64. The number of aromatic hydroxyl groups is 2. The minimum atomic E-state index is 0.144. The zero-order valence-electron chi connectivity index (χ0n) is 10.1. The Kier molecular flexibility index (Phi) is 3.05. The number of phenolic OH excluding ortho intramolecular Hbond substituents is 2. The van der Waals surface area contributed by atoms with E-state index in [4.69, 9.17) is 0 Å². The molecule has 2 heteroatoms. The van der Waals surface area contributed by atoms with Gasteiger partial charge in [0, 0.05) is 12.0 Å². The van der Waals surface area contributed by atoms with Crippen LogP contribution in [0.4, 0.5) is 0 Å². The van der Waals surface area contributed by atoms with Gasteiger partial charge in [-0.3, -0.25) is 0 Å². The van der Waals surface area contributed by atoms with E-state index in [1.807, 2.05) is 12.1 Å². The van der Waals surface area contributed by atoms with Crippen molar-refractivity contribution in [3.8, 4) is 11.5 Å². The molecule has 2 rings (SSSR count). The molecular weight excluding hydrogens is 212 g/mol. The third kappa shape index (κ3) is 2.26. The molecule has 0 aliphatic rings. The standard InChI is InChI=1S/C15H16O2/c1-10-5-3-6-12(11(10)2)9-13-14(16)7-4-8-15(13)17/h3-8,16-17H,9H2,1-2H3. The van der Waals surface area contributed by atoms with E-state index in [1.165, 1.54) is 11.1 Å². The van der Waals surface area contributed by atoms with E-state index in [0.717, 1.165) is 5.56 Å². The normalized spacial score (nSPS) is 10.5. The molecule has 0 atom stereocenters. The highest BCUT2D eigenvalue weighted by Crippen LogP contribution is 2.29. The Morgan fingerprint density at radius 1 is 0.882 bits per heavy atom. The minimum absolute atomic E-state index is 0.144. The number of hydrogen-bond acceptors (Lipinski definition) is 2. The van der Waals surface area contributed by atoms with E-state index in [9.17, 15) is 10.2 Å². The van der Waals surface area contributed by atoms with Gasteiger partial charge in [0.1, 0.15) is 11.5 Å². The molecule has 17 heavy (non-hydrogen) atoms. The molecule has 2 nitrogen and oxygen atoms in total. The molecule has 0 amide bonds. The SMILES string of the molecule is Cc1cccc(Cc2c(O)cccc2O)c1C. The van der Waals surface area contributed by atoms with Crippen molar-refractivity contribution in [1.29, 1.82) is 0 Å². The van der Waals surface area contributed by atoms with Crippen molar-refractivity contribution in [2.24, 2.45) is 0 Å². The van der Waals surface area contributed by atoms with Gasteiger partial charge in [-0.15, -0.1) is 0 Å². The van der Waals surface area contributed by atoms with Crippen LogP contribution in [0.1, 0.15) is 22.3 Å². The average molecular weight is 228 g/mol. The predicted octanol–water partition coefficient (Wildman–Crippen LogP) is 3.31. The summed E-state index contributed by atoms with van der Waals surface area (Å²) in [4.78, 5) is 0. The van der Waals surface area contributed by atoms with E-state index in [0.29, 0.717) is 12.0 Å². The van der Waals surface area contributed by atoms with Gasteiger partial charge in [-0.05, 0) is 42.7 Å². The fraction of sp³-hybridized carbons (Fsp3) is 0.200. The van der Waals surface area contributed by atoms with Crippen LogP contribution in [0.15, 0.2) is 36.4 Å². The van der Waals surface area contributed by atoms with Crippen molar-refractivity contribution >= 4 is 0 Å². The lowest BCUT2D eigenvalue weighted by Gasteiger charge is -2.11. The summed E-state index contributed by atoms with van der Waals surface area (Å²) in [5.74, 6) is 0.289. The van der Waals surface area contributed by atoms with Crippen LogP contribution in [0.25, 0.3) is 0 Å². The minimum Gasteiger partial charge on any atom is -0.508 e. The van der Waals surface area contributed by atoms with E-state index in [-0.39, 0.29) is 11.5 Å². The Bertz CT molecular complexity index is 524. The highest BCUT2D eigenvalue weighted by Gasteiger charge is 2.09. The van der Waals surface area contributed by atoms with Crippen LogP contribution in [-0.4, -0.2) is 10.2 Å². The van der Waals surface area contributed by atoms with Crippen LogP contribution in [-0.2, 0) is 6.42 Å². The fourth-order valence-corrected chi connectivity index (χ4v) is 1.94. The molecule has 0 heterocycles. The second-order valence-corrected chi connectivity index (χ2v) is 4.31. The van der Waals surface area contributed by atoms with Gasteiger partial charge in [-0.25, -0.2) is 0 Å². The van der Waals surface area contributed by atoms with Gasteiger partial charge < -0.3 is 10.2 Å². The monoisotopic (exact) mass is 228 g/mol. The molecule has 2 N–H and O–H groups in total. The molecule has 0 saturated carbocycles. The Morgan fingerprint density at radius 3 is 2.12 bits per heavy atom. The number of phenols is 2. The summed E-state index contributed by atoms with van der Waals surface area (Å²) in [6.07, 6.45) is 0.548. The number of aryl methyl sites for hydroxylation is 1. The molecule has 2 aromatic rings. The first-order chi connectivity index (χ1) is 8.09. The van der Waals surface area contributed by atoms with Gasteiger partial charge in [-0.1, -0.05) is 24.3 Å². The van der Waals surface area contributed by atoms with Crippen LogP contribution in [0.3, 0.4) is 0 Å². The summed E-state index contributed by atoms with van der Waals surface area (Å²) in [5, 5.41) is 19.5. The van der Waals surface area contributed by atoms with Crippen LogP contribution < -0.4 is 0 Å². The molecule has 0 aliphatic heterocycles. The van der Waals surface area contributed by atoms with Crippen molar-refractivity contribution in [2.45, 2.75) is 20.3 Å². The van der Waals surface area contributed by atoms with E-state index in [2.05, 4.69) is 19.9 Å². The van der Waals surface area contributed by atoms with E-state index < -0.39 is 0 Å². The molecule has 0 unspecified atom stereocenters. The lowest BCUT2D eigenvalue weighted by molar-refractivity contribution is 0.440. The van der Waals surface area contributed by atoms with Crippen molar-refractivity contribution in [1.82, 2.24) is 0 Å². The molecule has 0 bridgehead atoms. The molecule has 0 radical (unpaired) electrons. The summed E-state index contributed by atoms with van der Waals surface area (Å²) in [5.41, 5.74) is 4.13. The summed E-state index contributed by atoms with van der Waals surface area (Å²) in [7, 11) is 0. The Morgan fingerprint density at radius 2 is 1.47 bits per heavy atom. The van der Waals surface area contributed by atoms with Crippen LogP contribution in [0.5, 0.6) is 11.5 Å². The van der Waals surface area contributed by atoms with Crippen LogP contribution in [0.2, 0.25) is 0 Å². The molecule has 0 aromatic heterocycles. The van der Waals surface area contributed by atoms with E-state index >= 15 is 0 Å². The summed E-state index contributed by atoms with van der Waals surface area (Å²) in [6.45, 7) is 4.12. The van der Waals surface area contributed by atoms with Crippen LogP contribution >= 0.6 is 0 Å². The lowest BCUT2D eigenvalue weighted by atomic mass is 9.96. The fourth-order valence-electron chi connectivity index (χ4n) is 1.94. The molecule has 0 fully saturated rings. The molecule has 0 spiro atoms. The third-order valence-corrected chi connectivity index (χ3v) is 3.21. The first-order valence-corrected chi connectivity index (χ1v) is 5.64. The summed E-state index contributed by atoms with van der Waals surface area (Å²) in [6, 6.07) is 10.9. The molecule has 0 aliphatic carbocycles. The maximum Gasteiger partial charge on any atom is 0.122 e. The highest BCUT2D eigenvalue weighted by molar-refractivity contribution is 5.47. The van der Waals surface area contributed by atoms with Gasteiger partial charge in [0.2, 0.25) is 0 Å². The second kappa shape index (κ2) is 4.50. The topological polar surface area (TPSA) is 40.5 Å². The zero-order chi connectivity index (χ0) is 12.4. The number of benzene rings is 2. The van der Waals surface area contributed by atoms with Gasteiger partial charge in [0.25, 0.3) is 0 Å². The predicted molar refractivity (Wildman–Crippen MR) is 68.5 cm³/mol. The van der Waals surface area contributed by atoms with Crippen LogP contribution in [0, 0.1) is 13.8 Å². The smallest absolute Gasteiger partial charge is 0.122 e. The molecule has 88 valence electrons. The summed E-state index contributed by atoms with van der Waals surface area (Å²) < 4.78 is 0. The Labute approximate surface area is 101 Å². The van der Waals surface area contributed by atoms with Gasteiger partial charge in [-0.2, -0.15) is 0 Å². The van der Waals surface area contributed by atoms with Crippen molar-refractivity contribution < 1.29 is 10.2 Å². The lowest BCUT2D eigenvalue weighted by Crippen LogP contribution is -1.94. The third-order valence-electron chi connectivity index (χ3n) is 3.21. The van der Waals surface area contributed by atoms with Gasteiger partial charge >= 0.3 is 0 Å². The van der Waals surface area contributed by atoms with Gasteiger partial charge in [0.15, 0.2) is 0 Å². The first kappa shape index (κ1) is 11.5. The molecule has 0 saturated heterocycles. The van der Waals surface area contributed by atoms with Crippen molar-refractivity contribution in [3.05, 3.63) is 58.7 Å². The Balaban J connectivity index is 2.42. The van der Waals surface area contributed by atoms with Crippen molar-refractivity contribution in [2.75, 3.05) is 0 Å². The zero-order valence-corrected chi connectivity index (χ0v) is 10.1. The Hall–Kier alpha value is -1.96. The molecule has 2 aromatic carbocycles. The molecular formula is C15H16O2. The highest BCUT2D eigenvalue weighted by atomic mass is 16.3. The van der Waals surface area contributed by atoms with E-state index in [1.54, 1.807) is 18.2 Å². The summed E-state index contributed by atoms with van der Waals surface area (Å²) >= 11 is 0. The largest absolute Gasteiger partial charge is 0.508 e. The number of hydrogen-bond donors (Lipinski definition) is 2. The van der Waals surface area contributed by atoms with Crippen molar-refractivity contribution in [3.63, 3.8) is 0 Å².